The van der Waals surface area contributed by atoms with E-state index >= 15 is 0 Å². The van der Waals surface area contributed by atoms with Gasteiger partial charge in [0.05, 0.1) is 23.3 Å². The summed E-state index contributed by atoms with van der Waals surface area (Å²) in [7, 11) is 0. The van der Waals surface area contributed by atoms with E-state index in [0.29, 0.717) is 48.7 Å². The molecule has 7 nitrogen and oxygen atoms in total. The summed E-state index contributed by atoms with van der Waals surface area (Å²) in [6.07, 6.45) is 1.56. The summed E-state index contributed by atoms with van der Waals surface area (Å²) >= 11 is 1.21. The second-order valence-corrected chi connectivity index (χ2v) is 7.30. The quantitative estimate of drug-likeness (QED) is 0.607. The molecule has 4 rings (SSSR count). The molecule has 0 unspecified atom stereocenters. The van der Waals surface area contributed by atoms with Gasteiger partial charge in [0.2, 0.25) is 5.91 Å². The Balaban J connectivity index is 1.29. The van der Waals surface area contributed by atoms with Crippen molar-refractivity contribution in [2.45, 2.75) is 12.1 Å². The molecule has 0 saturated carbocycles. The lowest BCUT2D eigenvalue weighted by Crippen LogP contribution is -2.49. The monoisotopic (exact) mass is 402 g/mol. The maximum Gasteiger partial charge on any atom is 0.277 e. The number of carbonyl (C=O) groups excluding carboxylic acids is 1. The van der Waals surface area contributed by atoms with E-state index in [2.05, 4.69) is 10.2 Å². The van der Waals surface area contributed by atoms with Crippen LogP contribution in [0.3, 0.4) is 0 Å². The first-order valence-electron chi connectivity index (χ1n) is 8.90. The molecule has 0 atom stereocenters. The van der Waals surface area contributed by atoms with Gasteiger partial charge in [0.15, 0.2) is 0 Å². The van der Waals surface area contributed by atoms with Gasteiger partial charge in [-0.15, -0.1) is 10.2 Å². The molecule has 1 aliphatic rings. The van der Waals surface area contributed by atoms with E-state index in [0.717, 1.165) is 5.56 Å². The topological polar surface area (TPSA) is 75.6 Å². The van der Waals surface area contributed by atoms with Crippen molar-refractivity contribution in [1.29, 1.82) is 0 Å². The number of rotatable bonds is 5. The molecule has 0 spiro atoms. The van der Waals surface area contributed by atoms with Gasteiger partial charge in [-0.3, -0.25) is 4.79 Å². The second kappa shape index (κ2) is 8.05. The number of carbonyl (C=O) groups is 1. The number of thioether (sulfide) groups is 1. The van der Waals surface area contributed by atoms with Crippen molar-refractivity contribution in [3.8, 4) is 11.5 Å². The van der Waals surface area contributed by atoms with Crippen LogP contribution in [0.25, 0.3) is 11.5 Å². The predicted octanol–water partition coefficient (Wildman–Crippen LogP) is 3.22. The number of aryl methyl sites for hydroxylation is 1. The highest BCUT2D eigenvalue weighted by Crippen LogP contribution is 2.26. The van der Waals surface area contributed by atoms with Crippen molar-refractivity contribution in [2.75, 3.05) is 36.8 Å². The predicted molar refractivity (Wildman–Crippen MR) is 103 cm³/mol. The highest BCUT2D eigenvalue weighted by atomic mass is 32.2. The van der Waals surface area contributed by atoms with Crippen LogP contribution in [0, 0.1) is 12.7 Å². The Hall–Kier alpha value is -2.81. The third-order valence-corrected chi connectivity index (χ3v) is 5.44. The Morgan fingerprint density at radius 3 is 2.68 bits per heavy atom. The first-order valence-corrected chi connectivity index (χ1v) is 9.88. The fourth-order valence-electron chi connectivity index (χ4n) is 3.10. The summed E-state index contributed by atoms with van der Waals surface area (Å²) < 4.78 is 24.7. The number of para-hydroxylation sites is 1. The van der Waals surface area contributed by atoms with E-state index in [1.165, 1.54) is 17.8 Å². The Morgan fingerprint density at radius 2 is 1.96 bits per heavy atom. The first-order chi connectivity index (χ1) is 13.6. The van der Waals surface area contributed by atoms with E-state index in [1.54, 1.807) is 29.4 Å². The summed E-state index contributed by atoms with van der Waals surface area (Å²) in [4.78, 5) is 16.2. The lowest BCUT2D eigenvalue weighted by Gasteiger charge is -2.36. The van der Waals surface area contributed by atoms with Crippen molar-refractivity contribution in [1.82, 2.24) is 15.1 Å². The first kappa shape index (κ1) is 18.5. The van der Waals surface area contributed by atoms with Crippen LogP contribution < -0.4 is 4.90 Å². The number of nitrogens with zero attached hydrogens (tertiary/aromatic N) is 4. The third-order valence-electron chi connectivity index (χ3n) is 4.64. The van der Waals surface area contributed by atoms with E-state index < -0.39 is 0 Å². The molecule has 1 aromatic carbocycles. The highest BCUT2D eigenvalue weighted by Gasteiger charge is 2.23. The zero-order valence-electron chi connectivity index (χ0n) is 15.3. The van der Waals surface area contributed by atoms with Gasteiger partial charge < -0.3 is 18.6 Å². The maximum atomic E-state index is 13.9. The van der Waals surface area contributed by atoms with Gasteiger partial charge in [0.25, 0.3) is 11.1 Å². The van der Waals surface area contributed by atoms with Crippen LogP contribution in [0.15, 0.2) is 50.7 Å². The lowest BCUT2D eigenvalue weighted by atomic mass is 10.2. The molecular weight excluding hydrogens is 383 g/mol. The van der Waals surface area contributed by atoms with Gasteiger partial charge >= 0.3 is 0 Å². The number of anilines is 1. The standard InChI is InChI=1S/C19H19FN4O3S/c1-13-14(6-11-26-13)18-21-22-19(27-18)28-12-17(25)24-9-7-23(8-10-24)16-5-3-2-4-15(16)20/h2-6,11H,7-10,12H2,1H3. The van der Waals surface area contributed by atoms with Crippen molar-refractivity contribution < 1.29 is 18.0 Å². The van der Waals surface area contributed by atoms with Crippen LogP contribution in [0.1, 0.15) is 5.76 Å². The molecule has 0 aliphatic carbocycles. The summed E-state index contributed by atoms with van der Waals surface area (Å²) in [6, 6.07) is 8.46. The molecule has 1 amide bonds. The number of furan rings is 1. The number of hydrogen-bond donors (Lipinski definition) is 0. The number of halogens is 1. The SMILES string of the molecule is Cc1occc1-c1nnc(SCC(=O)N2CCN(c3ccccc3F)CC2)o1. The van der Waals surface area contributed by atoms with Crippen LogP contribution in [0.2, 0.25) is 0 Å². The van der Waals surface area contributed by atoms with Crippen molar-refractivity contribution in [2.24, 2.45) is 0 Å². The zero-order valence-corrected chi connectivity index (χ0v) is 16.1. The third kappa shape index (κ3) is 3.89. The minimum absolute atomic E-state index is 0.00238. The van der Waals surface area contributed by atoms with Crippen molar-refractivity contribution >= 4 is 23.4 Å². The molecule has 0 N–H and O–H groups in total. The van der Waals surface area contributed by atoms with E-state index in [1.807, 2.05) is 17.9 Å². The van der Waals surface area contributed by atoms with E-state index in [-0.39, 0.29) is 17.5 Å². The number of amides is 1. The average molecular weight is 402 g/mol. The van der Waals surface area contributed by atoms with Gasteiger partial charge in [0.1, 0.15) is 11.6 Å². The van der Waals surface area contributed by atoms with Gasteiger partial charge in [-0.2, -0.15) is 0 Å². The Morgan fingerprint density at radius 1 is 1.18 bits per heavy atom. The van der Waals surface area contributed by atoms with Gasteiger partial charge in [-0.25, -0.2) is 4.39 Å². The summed E-state index contributed by atoms with van der Waals surface area (Å²) in [6.45, 7) is 4.12. The molecule has 2 aromatic heterocycles. The Labute approximate surface area is 165 Å². The Kier molecular flexibility index (Phi) is 5.34. The summed E-state index contributed by atoms with van der Waals surface area (Å²) in [5.74, 6) is 1.05. The maximum absolute atomic E-state index is 13.9. The van der Waals surface area contributed by atoms with Crippen LogP contribution in [0.5, 0.6) is 0 Å². The van der Waals surface area contributed by atoms with Gasteiger partial charge in [-0.1, -0.05) is 23.9 Å². The molecule has 0 radical (unpaired) electrons. The van der Waals surface area contributed by atoms with Gasteiger partial charge in [0, 0.05) is 26.2 Å². The largest absolute Gasteiger partial charge is 0.469 e. The van der Waals surface area contributed by atoms with Crippen molar-refractivity contribution in [3.05, 3.63) is 48.2 Å². The number of aromatic nitrogens is 2. The van der Waals surface area contributed by atoms with E-state index in [9.17, 15) is 9.18 Å². The molecule has 1 aliphatic heterocycles. The lowest BCUT2D eigenvalue weighted by molar-refractivity contribution is -0.128. The molecule has 3 heterocycles. The number of hydrogen-bond acceptors (Lipinski definition) is 7. The smallest absolute Gasteiger partial charge is 0.277 e. The molecule has 1 fully saturated rings. The average Bonchev–Trinajstić information content (AvgIpc) is 3.35. The highest BCUT2D eigenvalue weighted by molar-refractivity contribution is 7.99. The minimum Gasteiger partial charge on any atom is -0.469 e. The van der Waals surface area contributed by atoms with Crippen LogP contribution in [0.4, 0.5) is 10.1 Å². The molecule has 146 valence electrons. The summed E-state index contributed by atoms with van der Waals surface area (Å²) in [5, 5.41) is 8.31. The number of piperazine rings is 1. The second-order valence-electron chi connectivity index (χ2n) is 6.37. The molecule has 9 heteroatoms. The fourth-order valence-corrected chi connectivity index (χ4v) is 3.77. The van der Waals surface area contributed by atoms with Crippen LogP contribution in [-0.4, -0.2) is 52.9 Å². The zero-order chi connectivity index (χ0) is 19.5. The van der Waals surface area contributed by atoms with Crippen LogP contribution >= 0.6 is 11.8 Å². The van der Waals surface area contributed by atoms with Crippen molar-refractivity contribution in [3.63, 3.8) is 0 Å². The molecule has 1 saturated heterocycles. The number of benzene rings is 1. The fraction of sp³-hybridized carbons (Fsp3) is 0.316. The Bertz CT molecular complexity index is 966. The van der Waals surface area contributed by atoms with Crippen LogP contribution in [-0.2, 0) is 4.79 Å². The summed E-state index contributed by atoms with van der Waals surface area (Å²) in [5.41, 5.74) is 1.33. The van der Waals surface area contributed by atoms with Gasteiger partial charge in [-0.05, 0) is 25.1 Å². The molecule has 28 heavy (non-hydrogen) atoms. The molecule has 3 aromatic rings. The van der Waals surface area contributed by atoms with E-state index in [4.69, 9.17) is 8.83 Å². The normalized spacial score (nSPS) is 14.5. The molecule has 0 bridgehead atoms. The molecular formula is C19H19FN4O3S. The minimum atomic E-state index is -0.238.